The summed E-state index contributed by atoms with van der Waals surface area (Å²) in [7, 11) is 1.60. The van der Waals surface area contributed by atoms with Gasteiger partial charge in [-0.2, -0.15) is 0 Å². The summed E-state index contributed by atoms with van der Waals surface area (Å²) in [6.45, 7) is 4.57. The van der Waals surface area contributed by atoms with Crippen LogP contribution in [0.15, 0.2) is 36.4 Å². The van der Waals surface area contributed by atoms with Crippen molar-refractivity contribution in [3.8, 4) is 5.75 Å². The molecule has 1 spiro atoms. The summed E-state index contributed by atoms with van der Waals surface area (Å²) in [5.41, 5.74) is 1.16. The molecule has 1 aliphatic carbocycles. The van der Waals surface area contributed by atoms with Crippen LogP contribution in [0.5, 0.6) is 5.75 Å². The number of hydrogen-bond donors (Lipinski definition) is 3. The number of amides is 3. The summed E-state index contributed by atoms with van der Waals surface area (Å²) in [6, 6.07) is 9.04. The van der Waals surface area contributed by atoms with Gasteiger partial charge in [0.05, 0.1) is 18.5 Å². The van der Waals surface area contributed by atoms with Gasteiger partial charge in [-0.05, 0) is 101 Å². The van der Waals surface area contributed by atoms with Gasteiger partial charge in [-0.15, -0.1) is 0 Å². The Bertz CT molecular complexity index is 1410. The van der Waals surface area contributed by atoms with Crippen molar-refractivity contribution in [1.29, 1.82) is 0 Å². The molecule has 45 heavy (non-hydrogen) atoms. The lowest BCUT2D eigenvalue weighted by molar-refractivity contribution is -0.133. The molecule has 6 rings (SSSR count). The van der Waals surface area contributed by atoms with E-state index in [1.807, 2.05) is 23.1 Å². The number of piperidine rings is 3. The van der Waals surface area contributed by atoms with Gasteiger partial charge < -0.3 is 25.2 Å². The van der Waals surface area contributed by atoms with Crippen LogP contribution in [-0.2, 0) is 9.59 Å². The van der Waals surface area contributed by atoms with Gasteiger partial charge in [0.2, 0.25) is 11.8 Å². The number of rotatable bonds is 9. The first-order valence-electron chi connectivity index (χ1n) is 16.2. The average molecular weight is 624 g/mol. The standard InChI is InChI=1S/C34H43F2N5O4/c1-45-25-4-2-3-23(17-25)32(43)37-24-20-34(21-24)10-15-40(16-11-34)12-7-22-8-13-41(14-9-22)30-19-26(35)29(18-27(30)36)38-28-5-6-31(42)39-33(28)44/h2-4,17-19,22,24,28,38H,5-16,20-21H2,1H3,(H,37,43)(H,39,42,44). The predicted octanol–water partition coefficient (Wildman–Crippen LogP) is 4.47. The first kappa shape index (κ1) is 31.3. The maximum absolute atomic E-state index is 15.1. The predicted molar refractivity (Wildman–Crippen MR) is 167 cm³/mol. The van der Waals surface area contributed by atoms with Gasteiger partial charge in [0, 0.05) is 43.2 Å². The molecule has 1 atom stereocenters. The van der Waals surface area contributed by atoms with Crippen molar-refractivity contribution in [1.82, 2.24) is 15.5 Å². The highest BCUT2D eigenvalue weighted by molar-refractivity contribution is 6.01. The van der Waals surface area contributed by atoms with E-state index in [4.69, 9.17) is 4.74 Å². The van der Waals surface area contributed by atoms with Gasteiger partial charge in [-0.1, -0.05) is 6.07 Å². The molecule has 1 unspecified atom stereocenters. The lowest BCUT2D eigenvalue weighted by atomic mass is 9.60. The van der Waals surface area contributed by atoms with E-state index in [1.54, 1.807) is 13.2 Å². The minimum atomic E-state index is -0.771. The fourth-order valence-electron chi connectivity index (χ4n) is 7.52. The van der Waals surface area contributed by atoms with Crippen molar-refractivity contribution >= 4 is 29.1 Å². The van der Waals surface area contributed by atoms with Crippen molar-refractivity contribution in [2.45, 2.75) is 69.9 Å². The number of nitrogens with one attached hydrogen (secondary N) is 3. The third kappa shape index (κ3) is 7.24. The van der Waals surface area contributed by atoms with Crippen molar-refractivity contribution < 1.29 is 27.9 Å². The molecule has 11 heteroatoms. The van der Waals surface area contributed by atoms with Crippen LogP contribution in [0.25, 0.3) is 0 Å². The fourth-order valence-corrected chi connectivity index (χ4v) is 7.52. The third-order valence-electron chi connectivity index (χ3n) is 10.4. The zero-order chi connectivity index (χ0) is 31.6. The Morgan fingerprint density at radius 3 is 2.49 bits per heavy atom. The number of ether oxygens (including phenoxy) is 1. The average Bonchev–Trinajstić information content (AvgIpc) is 3.03. The zero-order valence-corrected chi connectivity index (χ0v) is 25.9. The topological polar surface area (TPSA) is 103 Å². The number of carbonyl (C=O) groups is 3. The summed E-state index contributed by atoms with van der Waals surface area (Å²) in [4.78, 5) is 40.5. The molecule has 2 aromatic carbocycles. The molecule has 242 valence electrons. The van der Waals surface area contributed by atoms with Crippen LogP contribution in [0.1, 0.15) is 68.1 Å². The molecule has 3 heterocycles. The van der Waals surface area contributed by atoms with Crippen LogP contribution < -0.4 is 25.6 Å². The fraction of sp³-hybridized carbons (Fsp3) is 0.559. The zero-order valence-electron chi connectivity index (χ0n) is 25.9. The Morgan fingerprint density at radius 2 is 1.78 bits per heavy atom. The number of imide groups is 1. The smallest absolute Gasteiger partial charge is 0.251 e. The second-order valence-electron chi connectivity index (χ2n) is 13.3. The molecule has 4 fully saturated rings. The summed E-state index contributed by atoms with van der Waals surface area (Å²) in [5, 5.41) is 8.17. The lowest BCUT2D eigenvalue weighted by Crippen LogP contribution is -2.55. The highest BCUT2D eigenvalue weighted by Gasteiger charge is 2.46. The highest BCUT2D eigenvalue weighted by Crippen LogP contribution is 2.49. The molecule has 0 bridgehead atoms. The highest BCUT2D eigenvalue weighted by atomic mass is 19.1. The van der Waals surface area contributed by atoms with Gasteiger partial charge in [-0.25, -0.2) is 8.78 Å². The molecule has 0 radical (unpaired) electrons. The van der Waals surface area contributed by atoms with E-state index in [0.717, 1.165) is 70.6 Å². The second-order valence-corrected chi connectivity index (χ2v) is 13.3. The van der Waals surface area contributed by atoms with Crippen molar-refractivity contribution in [3.05, 3.63) is 53.6 Å². The van der Waals surface area contributed by atoms with E-state index in [9.17, 15) is 18.8 Å². The van der Waals surface area contributed by atoms with Crippen molar-refractivity contribution in [3.63, 3.8) is 0 Å². The Kier molecular flexibility index (Phi) is 9.26. The molecule has 1 saturated carbocycles. The Balaban J connectivity index is 0.902. The molecule has 3 saturated heterocycles. The number of benzene rings is 2. The molecule has 9 nitrogen and oxygen atoms in total. The monoisotopic (exact) mass is 623 g/mol. The molecule has 0 aromatic heterocycles. The number of likely N-dealkylation sites (tertiary alicyclic amines) is 1. The number of methoxy groups -OCH3 is 1. The van der Waals surface area contributed by atoms with Crippen LogP contribution in [0.2, 0.25) is 0 Å². The second kappa shape index (κ2) is 13.3. The summed E-state index contributed by atoms with van der Waals surface area (Å²) >= 11 is 0. The van der Waals surface area contributed by atoms with E-state index in [-0.39, 0.29) is 42.1 Å². The Morgan fingerprint density at radius 1 is 1.02 bits per heavy atom. The van der Waals surface area contributed by atoms with E-state index < -0.39 is 23.6 Å². The Labute approximate surface area is 263 Å². The quantitative estimate of drug-likeness (QED) is 0.355. The minimum absolute atomic E-state index is 0.0380. The van der Waals surface area contributed by atoms with Crippen LogP contribution in [0, 0.1) is 23.0 Å². The number of carbonyl (C=O) groups excluding carboxylic acids is 3. The normalized spacial score (nSPS) is 22.6. The van der Waals surface area contributed by atoms with Crippen LogP contribution in [-0.4, -0.2) is 74.5 Å². The molecule has 3 N–H and O–H groups in total. The summed E-state index contributed by atoms with van der Waals surface area (Å²) in [5.74, 6) is -0.817. The van der Waals surface area contributed by atoms with Gasteiger partial charge >= 0.3 is 0 Å². The van der Waals surface area contributed by atoms with Crippen LogP contribution in [0.4, 0.5) is 20.2 Å². The maximum atomic E-state index is 15.1. The van der Waals surface area contributed by atoms with Crippen molar-refractivity contribution in [2.24, 2.45) is 11.3 Å². The largest absolute Gasteiger partial charge is 0.497 e. The molecular weight excluding hydrogens is 580 g/mol. The molecule has 4 aliphatic rings. The number of nitrogens with zero attached hydrogens (tertiary/aromatic N) is 2. The van der Waals surface area contributed by atoms with Crippen LogP contribution >= 0.6 is 0 Å². The van der Waals surface area contributed by atoms with Crippen molar-refractivity contribution in [2.75, 3.05) is 50.1 Å². The maximum Gasteiger partial charge on any atom is 0.251 e. The number of halogens is 2. The first-order valence-corrected chi connectivity index (χ1v) is 16.2. The van der Waals surface area contributed by atoms with E-state index >= 15 is 4.39 Å². The third-order valence-corrected chi connectivity index (χ3v) is 10.4. The summed E-state index contributed by atoms with van der Waals surface area (Å²) < 4.78 is 35.2. The van der Waals surface area contributed by atoms with Gasteiger partial charge in [0.25, 0.3) is 5.91 Å². The van der Waals surface area contributed by atoms with E-state index in [2.05, 4.69) is 20.9 Å². The molecule has 3 amide bonds. The van der Waals surface area contributed by atoms with Gasteiger partial charge in [-0.3, -0.25) is 19.7 Å². The SMILES string of the molecule is COc1cccc(C(=O)NC2CC3(CCN(CCC4CCN(c5cc(F)c(NC6CCC(=O)NC6=O)cc5F)CC4)CC3)C2)c1. The minimum Gasteiger partial charge on any atom is -0.497 e. The molecule has 3 aliphatic heterocycles. The summed E-state index contributed by atoms with van der Waals surface area (Å²) in [6.07, 6.45) is 7.78. The molecule has 2 aromatic rings. The van der Waals surface area contributed by atoms with E-state index in [1.165, 1.54) is 6.07 Å². The number of anilines is 2. The Hall–Kier alpha value is -3.73. The van der Waals surface area contributed by atoms with E-state index in [0.29, 0.717) is 35.7 Å². The first-order chi connectivity index (χ1) is 21.7. The number of hydrogen-bond acceptors (Lipinski definition) is 7. The lowest BCUT2D eigenvalue weighted by Gasteiger charge is -2.52. The van der Waals surface area contributed by atoms with Crippen LogP contribution in [0.3, 0.4) is 0 Å². The van der Waals surface area contributed by atoms with Gasteiger partial charge in [0.1, 0.15) is 23.4 Å². The van der Waals surface area contributed by atoms with Gasteiger partial charge in [0.15, 0.2) is 0 Å². The molecular formula is C34H43F2N5O4.